The molecule has 0 radical (unpaired) electrons. The number of benzene rings is 2. The minimum absolute atomic E-state index is 0.0767. The number of nitrogens with one attached hydrogen (secondary N) is 1. The number of aryl methyl sites for hydroxylation is 1. The fourth-order valence-electron chi connectivity index (χ4n) is 2.34. The highest BCUT2D eigenvalue weighted by molar-refractivity contribution is 6.30. The summed E-state index contributed by atoms with van der Waals surface area (Å²) in [6.45, 7) is 1.44. The van der Waals surface area contributed by atoms with Crippen molar-refractivity contribution in [2.24, 2.45) is 0 Å². The molecule has 0 unspecified atom stereocenters. The molecule has 0 saturated carbocycles. The quantitative estimate of drug-likeness (QED) is 0.733. The fourth-order valence-corrected chi connectivity index (χ4v) is 2.47. The van der Waals surface area contributed by atoms with Crippen molar-refractivity contribution in [2.45, 2.75) is 13.0 Å². The summed E-state index contributed by atoms with van der Waals surface area (Å²) in [5, 5.41) is 3.54. The molecule has 1 N–H and O–H groups in total. The average molecular weight is 314 g/mol. The standard InChI is InChI=1S/C17H16ClN3O/c18-14-8-6-13(7-9-14)17(22)19-10-3-11-21-12-20-15-4-1-2-5-16(15)21/h1-2,4-9,12H,3,10-11H2,(H,19,22). The monoisotopic (exact) mass is 313 g/mol. The molecule has 1 aromatic heterocycles. The Hall–Kier alpha value is -2.33. The van der Waals surface area contributed by atoms with Crippen molar-refractivity contribution in [3.8, 4) is 0 Å². The Morgan fingerprint density at radius 1 is 1.14 bits per heavy atom. The van der Waals surface area contributed by atoms with Gasteiger partial charge in [-0.05, 0) is 42.8 Å². The smallest absolute Gasteiger partial charge is 0.251 e. The van der Waals surface area contributed by atoms with E-state index in [1.165, 1.54) is 0 Å². The second kappa shape index (κ2) is 6.62. The SMILES string of the molecule is O=C(NCCCn1cnc2ccccc21)c1ccc(Cl)cc1. The molecule has 0 aliphatic heterocycles. The van der Waals surface area contributed by atoms with Gasteiger partial charge in [0.05, 0.1) is 17.4 Å². The van der Waals surface area contributed by atoms with Crippen LogP contribution in [0.4, 0.5) is 0 Å². The molecule has 0 spiro atoms. The van der Waals surface area contributed by atoms with Crippen molar-refractivity contribution in [3.63, 3.8) is 0 Å². The van der Waals surface area contributed by atoms with E-state index >= 15 is 0 Å². The summed E-state index contributed by atoms with van der Waals surface area (Å²) in [4.78, 5) is 16.3. The number of halogens is 1. The molecule has 4 nitrogen and oxygen atoms in total. The number of rotatable bonds is 5. The van der Waals surface area contributed by atoms with Gasteiger partial charge in [0.25, 0.3) is 5.91 Å². The molecule has 0 bridgehead atoms. The van der Waals surface area contributed by atoms with Crippen LogP contribution in [0.1, 0.15) is 16.8 Å². The molecule has 0 fully saturated rings. The Bertz CT molecular complexity index is 780. The number of nitrogens with zero attached hydrogens (tertiary/aromatic N) is 2. The number of fused-ring (bicyclic) bond motifs is 1. The zero-order chi connectivity index (χ0) is 15.4. The number of aromatic nitrogens is 2. The number of amides is 1. The Kier molecular flexibility index (Phi) is 4.39. The summed E-state index contributed by atoms with van der Waals surface area (Å²) >= 11 is 5.81. The van der Waals surface area contributed by atoms with Crippen LogP contribution in [0.15, 0.2) is 54.9 Å². The molecule has 1 heterocycles. The van der Waals surface area contributed by atoms with E-state index in [0.717, 1.165) is 24.0 Å². The van der Waals surface area contributed by atoms with Gasteiger partial charge in [0, 0.05) is 23.7 Å². The number of carbonyl (C=O) groups excluding carboxylic acids is 1. The zero-order valence-electron chi connectivity index (χ0n) is 12.0. The highest BCUT2D eigenvalue weighted by atomic mass is 35.5. The van der Waals surface area contributed by atoms with Gasteiger partial charge in [0.15, 0.2) is 0 Å². The Morgan fingerprint density at radius 2 is 1.91 bits per heavy atom. The number of hydrogen-bond donors (Lipinski definition) is 1. The number of para-hydroxylation sites is 2. The van der Waals surface area contributed by atoms with E-state index in [1.54, 1.807) is 24.3 Å². The second-order valence-electron chi connectivity index (χ2n) is 5.04. The van der Waals surface area contributed by atoms with Gasteiger partial charge in [-0.3, -0.25) is 4.79 Å². The molecule has 2 aromatic carbocycles. The molecule has 0 atom stereocenters. The summed E-state index contributed by atoms with van der Waals surface area (Å²) in [5.74, 6) is -0.0767. The third-order valence-corrected chi connectivity index (χ3v) is 3.75. The molecule has 1 amide bonds. The topological polar surface area (TPSA) is 46.9 Å². The maximum atomic E-state index is 12.0. The second-order valence-corrected chi connectivity index (χ2v) is 5.48. The molecule has 3 rings (SSSR count). The largest absolute Gasteiger partial charge is 0.352 e. The summed E-state index contributed by atoms with van der Waals surface area (Å²) in [6, 6.07) is 14.9. The number of imidazole rings is 1. The molecule has 22 heavy (non-hydrogen) atoms. The van der Waals surface area contributed by atoms with Crippen LogP contribution in [0.5, 0.6) is 0 Å². The molecule has 3 aromatic rings. The molecule has 5 heteroatoms. The van der Waals surface area contributed by atoms with E-state index < -0.39 is 0 Å². The van der Waals surface area contributed by atoms with Crippen molar-refractivity contribution < 1.29 is 4.79 Å². The lowest BCUT2D eigenvalue weighted by Gasteiger charge is -2.07. The van der Waals surface area contributed by atoms with Crippen LogP contribution in [0, 0.1) is 0 Å². The summed E-state index contributed by atoms with van der Waals surface area (Å²) in [6.07, 6.45) is 2.69. The third-order valence-electron chi connectivity index (χ3n) is 3.50. The number of carbonyl (C=O) groups is 1. The van der Waals surface area contributed by atoms with Gasteiger partial charge in [-0.15, -0.1) is 0 Å². The van der Waals surface area contributed by atoms with E-state index in [-0.39, 0.29) is 5.91 Å². The van der Waals surface area contributed by atoms with E-state index in [9.17, 15) is 4.79 Å². The van der Waals surface area contributed by atoms with Crippen LogP contribution in [-0.4, -0.2) is 22.0 Å². The summed E-state index contributed by atoms with van der Waals surface area (Å²) in [5.41, 5.74) is 2.73. The summed E-state index contributed by atoms with van der Waals surface area (Å²) < 4.78 is 2.10. The molecule has 0 saturated heterocycles. The Balaban J connectivity index is 1.51. The average Bonchev–Trinajstić information content (AvgIpc) is 2.95. The van der Waals surface area contributed by atoms with Crippen LogP contribution in [0.25, 0.3) is 11.0 Å². The first-order valence-corrected chi connectivity index (χ1v) is 7.55. The zero-order valence-corrected chi connectivity index (χ0v) is 12.8. The molecule has 0 aliphatic rings. The first-order chi connectivity index (χ1) is 10.7. The van der Waals surface area contributed by atoms with Crippen molar-refractivity contribution in [3.05, 3.63) is 65.4 Å². The first kappa shape index (κ1) is 14.6. The van der Waals surface area contributed by atoms with Crippen molar-refractivity contribution >= 4 is 28.5 Å². The predicted molar refractivity (Wildman–Crippen MR) is 88.1 cm³/mol. The number of hydrogen-bond acceptors (Lipinski definition) is 2. The Labute approximate surface area is 133 Å². The lowest BCUT2D eigenvalue weighted by molar-refractivity contribution is 0.0953. The molecular formula is C17H16ClN3O. The van der Waals surface area contributed by atoms with E-state index in [2.05, 4.69) is 20.9 Å². The highest BCUT2D eigenvalue weighted by Gasteiger charge is 2.05. The highest BCUT2D eigenvalue weighted by Crippen LogP contribution is 2.12. The fraction of sp³-hybridized carbons (Fsp3) is 0.176. The van der Waals surface area contributed by atoms with E-state index in [1.807, 2.05) is 24.5 Å². The van der Waals surface area contributed by atoms with Crippen LogP contribution < -0.4 is 5.32 Å². The Morgan fingerprint density at radius 3 is 2.73 bits per heavy atom. The predicted octanol–water partition coefficient (Wildman–Crippen LogP) is 3.51. The normalized spacial score (nSPS) is 10.8. The van der Waals surface area contributed by atoms with Gasteiger partial charge in [-0.2, -0.15) is 0 Å². The molecule has 0 aliphatic carbocycles. The lowest BCUT2D eigenvalue weighted by atomic mass is 10.2. The van der Waals surface area contributed by atoms with Crippen molar-refractivity contribution in [1.82, 2.24) is 14.9 Å². The van der Waals surface area contributed by atoms with Crippen LogP contribution in [0.2, 0.25) is 5.02 Å². The maximum absolute atomic E-state index is 12.0. The van der Waals surface area contributed by atoms with Gasteiger partial charge in [0.1, 0.15) is 0 Å². The van der Waals surface area contributed by atoms with E-state index in [4.69, 9.17) is 11.6 Å². The van der Waals surface area contributed by atoms with E-state index in [0.29, 0.717) is 17.1 Å². The minimum atomic E-state index is -0.0767. The molecule has 112 valence electrons. The molecular weight excluding hydrogens is 298 g/mol. The maximum Gasteiger partial charge on any atom is 0.251 e. The van der Waals surface area contributed by atoms with Crippen LogP contribution >= 0.6 is 11.6 Å². The first-order valence-electron chi connectivity index (χ1n) is 7.18. The van der Waals surface area contributed by atoms with Crippen molar-refractivity contribution in [1.29, 1.82) is 0 Å². The minimum Gasteiger partial charge on any atom is -0.352 e. The van der Waals surface area contributed by atoms with Crippen LogP contribution in [-0.2, 0) is 6.54 Å². The van der Waals surface area contributed by atoms with Gasteiger partial charge < -0.3 is 9.88 Å². The summed E-state index contributed by atoms with van der Waals surface area (Å²) in [7, 11) is 0. The van der Waals surface area contributed by atoms with Gasteiger partial charge in [-0.25, -0.2) is 4.98 Å². The van der Waals surface area contributed by atoms with Gasteiger partial charge in [-0.1, -0.05) is 23.7 Å². The van der Waals surface area contributed by atoms with Crippen LogP contribution in [0.3, 0.4) is 0 Å². The van der Waals surface area contributed by atoms with Gasteiger partial charge >= 0.3 is 0 Å². The van der Waals surface area contributed by atoms with Gasteiger partial charge in [0.2, 0.25) is 0 Å². The third kappa shape index (κ3) is 3.28. The van der Waals surface area contributed by atoms with Crippen molar-refractivity contribution in [2.75, 3.05) is 6.54 Å². The lowest BCUT2D eigenvalue weighted by Crippen LogP contribution is -2.25.